The molecule has 0 saturated carbocycles. The zero-order valence-electron chi connectivity index (χ0n) is 17.8. The molecule has 0 spiro atoms. The molecule has 174 valence electrons. The zero-order chi connectivity index (χ0) is 24.2. The van der Waals surface area contributed by atoms with Gasteiger partial charge in [-0.2, -0.15) is 0 Å². The van der Waals surface area contributed by atoms with Crippen LogP contribution in [0.3, 0.4) is 0 Å². The molecule has 33 heavy (non-hydrogen) atoms. The van der Waals surface area contributed by atoms with Crippen molar-refractivity contribution >= 4 is 33.2 Å². The van der Waals surface area contributed by atoms with Gasteiger partial charge < -0.3 is 10.2 Å². The van der Waals surface area contributed by atoms with E-state index in [0.29, 0.717) is 5.56 Å². The molecule has 3 aromatic rings. The Balaban J connectivity index is 1.79. The van der Waals surface area contributed by atoms with Gasteiger partial charge in [-0.15, -0.1) is 0 Å². The minimum atomic E-state index is -4.05. The van der Waals surface area contributed by atoms with E-state index < -0.39 is 21.7 Å². The molecule has 1 unspecified atom stereocenters. The van der Waals surface area contributed by atoms with E-state index in [2.05, 4.69) is 10.0 Å². The Kier molecular flexibility index (Phi) is 7.68. The van der Waals surface area contributed by atoms with Gasteiger partial charge in [-0.25, -0.2) is 17.2 Å². The van der Waals surface area contributed by atoms with Gasteiger partial charge in [0.25, 0.3) is 15.9 Å². The summed E-state index contributed by atoms with van der Waals surface area (Å²) in [5, 5.41) is 2.80. The number of nitrogens with zero attached hydrogens (tertiary/aromatic N) is 1. The average molecular weight is 494 g/mol. The summed E-state index contributed by atoms with van der Waals surface area (Å²) in [6.45, 7) is 0.135. The Hall–Kier alpha value is -3.01. The van der Waals surface area contributed by atoms with Crippen molar-refractivity contribution in [1.82, 2.24) is 10.2 Å². The van der Waals surface area contributed by atoms with E-state index >= 15 is 0 Å². The van der Waals surface area contributed by atoms with E-state index in [0.717, 1.165) is 18.2 Å². The van der Waals surface area contributed by atoms with E-state index in [1.165, 1.54) is 36.4 Å². The largest absolute Gasteiger partial charge is 0.350 e. The van der Waals surface area contributed by atoms with Crippen molar-refractivity contribution in [2.45, 2.75) is 10.9 Å². The van der Waals surface area contributed by atoms with Crippen LogP contribution in [-0.2, 0) is 10.0 Å². The van der Waals surface area contributed by atoms with Gasteiger partial charge in [0.1, 0.15) is 11.6 Å². The highest BCUT2D eigenvalue weighted by molar-refractivity contribution is 7.92. The topological polar surface area (TPSA) is 78.5 Å². The van der Waals surface area contributed by atoms with Crippen molar-refractivity contribution in [3.63, 3.8) is 0 Å². The van der Waals surface area contributed by atoms with Crippen LogP contribution in [-0.4, -0.2) is 39.9 Å². The van der Waals surface area contributed by atoms with Crippen LogP contribution in [0.15, 0.2) is 71.6 Å². The van der Waals surface area contributed by atoms with Crippen LogP contribution in [0.4, 0.5) is 14.5 Å². The summed E-state index contributed by atoms with van der Waals surface area (Å²) < 4.78 is 54.5. The Labute approximate surface area is 196 Å². The number of hydrogen-bond acceptors (Lipinski definition) is 4. The minimum Gasteiger partial charge on any atom is -0.350 e. The summed E-state index contributed by atoms with van der Waals surface area (Å²) >= 11 is 6.16. The van der Waals surface area contributed by atoms with Gasteiger partial charge >= 0.3 is 0 Å². The van der Waals surface area contributed by atoms with Crippen molar-refractivity contribution in [1.29, 1.82) is 0 Å². The van der Waals surface area contributed by atoms with Crippen LogP contribution in [0.1, 0.15) is 22.0 Å². The van der Waals surface area contributed by atoms with Gasteiger partial charge in [-0.1, -0.05) is 23.7 Å². The molecule has 3 aromatic carbocycles. The number of carbonyl (C=O) groups excluding carboxylic acids is 1. The second kappa shape index (κ2) is 10.3. The van der Waals surface area contributed by atoms with E-state index in [9.17, 15) is 22.0 Å². The number of anilines is 1. The van der Waals surface area contributed by atoms with Crippen molar-refractivity contribution < 1.29 is 22.0 Å². The molecule has 0 aliphatic heterocycles. The number of likely N-dealkylation sites (N-methyl/N-ethyl adjacent to an activating group) is 1. The molecular weight excluding hydrogens is 472 g/mol. The molecule has 0 radical (unpaired) electrons. The number of nitrogens with one attached hydrogen (secondary N) is 2. The van der Waals surface area contributed by atoms with E-state index in [-0.39, 0.29) is 39.6 Å². The number of amides is 1. The minimum absolute atomic E-state index is 0.0320. The second-order valence-electron chi connectivity index (χ2n) is 7.50. The first-order valence-corrected chi connectivity index (χ1v) is 11.7. The van der Waals surface area contributed by atoms with Gasteiger partial charge in [-0.3, -0.25) is 9.52 Å². The highest BCUT2D eigenvalue weighted by Gasteiger charge is 2.21. The van der Waals surface area contributed by atoms with Gasteiger partial charge in [0, 0.05) is 12.2 Å². The number of sulfonamides is 1. The van der Waals surface area contributed by atoms with Crippen molar-refractivity contribution in [2.75, 3.05) is 25.4 Å². The maximum Gasteiger partial charge on any atom is 0.261 e. The summed E-state index contributed by atoms with van der Waals surface area (Å²) in [5.41, 5.74) is 0.808. The molecule has 0 aliphatic rings. The molecule has 6 nitrogen and oxygen atoms in total. The SMILES string of the molecule is CN(C)C(CNC(=O)c1cc(S(=O)(=O)Nc2ccc(F)cc2)ccc1Cl)c1cccc(F)c1. The first kappa shape index (κ1) is 24.6. The Bertz CT molecular complexity index is 1250. The average Bonchev–Trinajstić information content (AvgIpc) is 2.75. The third-order valence-corrected chi connectivity index (χ3v) is 6.61. The fraction of sp³-hybridized carbons (Fsp3) is 0.174. The van der Waals surface area contributed by atoms with E-state index in [1.807, 2.05) is 4.90 Å². The summed E-state index contributed by atoms with van der Waals surface area (Å²) in [4.78, 5) is 14.5. The second-order valence-corrected chi connectivity index (χ2v) is 9.59. The molecular formula is C23H22ClF2N3O3S. The van der Waals surface area contributed by atoms with Crippen LogP contribution in [0.2, 0.25) is 5.02 Å². The van der Waals surface area contributed by atoms with Crippen LogP contribution < -0.4 is 10.0 Å². The molecule has 10 heteroatoms. The molecule has 1 amide bonds. The maximum absolute atomic E-state index is 13.6. The number of benzene rings is 3. The number of halogens is 3. The molecule has 0 heterocycles. The highest BCUT2D eigenvalue weighted by atomic mass is 35.5. The van der Waals surface area contributed by atoms with Crippen molar-refractivity contribution in [2.24, 2.45) is 0 Å². The van der Waals surface area contributed by atoms with Crippen LogP contribution >= 0.6 is 11.6 Å². The molecule has 3 rings (SSSR count). The first-order valence-electron chi connectivity index (χ1n) is 9.85. The predicted octanol–water partition coefficient (Wildman–Crippen LogP) is 4.45. The molecule has 0 aliphatic carbocycles. The summed E-state index contributed by atoms with van der Waals surface area (Å²) in [6, 6.07) is 14.3. The molecule has 1 atom stereocenters. The predicted molar refractivity (Wildman–Crippen MR) is 124 cm³/mol. The van der Waals surface area contributed by atoms with Crippen LogP contribution in [0.5, 0.6) is 0 Å². The van der Waals surface area contributed by atoms with E-state index in [1.54, 1.807) is 26.2 Å². The van der Waals surface area contributed by atoms with Gasteiger partial charge in [0.2, 0.25) is 0 Å². The highest BCUT2D eigenvalue weighted by Crippen LogP contribution is 2.24. The lowest BCUT2D eigenvalue weighted by molar-refractivity contribution is 0.0942. The smallest absolute Gasteiger partial charge is 0.261 e. The third kappa shape index (κ3) is 6.28. The normalized spacial score (nSPS) is 12.4. The number of rotatable bonds is 8. The molecule has 0 saturated heterocycles. The quantitative estimate of drug-likeness (QED) is 0.486. The van der Waals surface area contributed by atoms with Crippen LogP contribution in [0.25, 0.3) is 0 Å². The van der Waals surface area contributed by atoms with Crippen molar-refractivity contribution in [3.05, 3.63) is 94.5 Å². The van der Waals surface area contributed by atoms with Crippen molar-refractivity contribution in [3.8, 4) is 0 Å². The van der Waals surface area contributed by atoms with E-state index in [4.69, 9.17) is 11.6 Å². The molecule has 0 bridgehead atoms. The summed E-state index contributed by atoms with van der Waals surface area (Å²) in [7, 11) is -0.463. The zero-order valence-corrected chi connectivity index (χ0v) is 19.4. The maximum atomic E-state index is 13.6. The molecule has 0 aromatic heterocycles. The first-order chi connectivity index (χ1) is 15.6. The molecule has 2 N–H and O–H groups in total. The number of carbonyl (C=O) groups is 1. The lowest BCUT2D eigenvalue weighted by atomic mass is 10.1. The monoisotopic (exact) mass is 493 g/mol. The van der Waals surface area contributed by atoms with Gasteiger partial charge in [0.05, 0.1) is 21.5 Å². The summed E-state index contributed by atoms with van der Waals surface area (Å²) in [6.07, 6.45) is 0. The Morgan fingerprint density at radius 3 is 2.33 bits per heavy atom. The standard InChI is InChI=1S/C23H22ClF2N3O3S/c1-29(2)22(15-4-3-5-17(26)12-15)14-27-23(30)20-13-19(10-11-21(20)24)33(31,32)28-18-8-6-16(25)7-9-18/h3-13,22,28H,14H2,1-2H3,(H,27,30). The van der Waals surface area contributed by atoms with Crippen LogP contribution in [0, 0.1) is 11.6 Å². The Morgan fingerprint density at radius 2 is 1.70 bits per heavy atom. The lowest BCUT2D eigenvalue weighted by Crippen LogP contribution is -2.34. The lowest BCUT2D eigenvalue weighted by Gasteiger charge is -2.25. The fourth-order valence-electron chi connectivity index (χ4n) is 3.17. The van der Waals surface area contributed by atoms with Gasteiger partial charge in [-0.05, 0) is 74.3 Å². The fourth-order valence-corrected chi connectivity index (χ4v) is 4.46. The molecule has 0 fully saturated rings. The van der Waals surface area contributed by atoms with Gasteiger partial charge in [0.15, 0.2) is 0 Å². The summed E-state index contributed by atoms with van der Waals surface area (Å²) in [5.74, 6) is -1.47. The third-order valence-electron chi connectivity index (χ3n) is 4.90. The number of hydrogen-bond donors (Lipinski definition) is 2. The Morgan fingerprint density at radius 1 is 1.00 bits per heavy atom.